The van der Waals surface area contributed by atoms with E-state index in [0.717, 1.165) is 35.8 Å². The number of primary sulfonamides is 1. The number of benzene rings is 2. The highest BCUT2D eigenvalue weighted by Gasteiger charge is 2.21. The van der Waals surface area contributed by atoms with Crippen molar-refractivity contribution in [3.05, 3.63) is 58.6 Å². The third-order valence-electron chi connectivity index (χ3n) is 3.66. The summed E-state index contributed by atoms with van der Waals surface area (Å²) < 4.78 is 22.8. The van der Waals surface area contributed by atoms with E-state index in [1.54, 1.807) is 12.1 Å². The lowest BCUT2D eigenvalue weighted by atomic mass is 10.1. The van der Waals surface area contributed by atoms with E-state index in [1.165, 1.54) is 5.56 Å². The summed E-state index contributed by atoms with van der Waals surface area (Å²) >= 11 is 5.89. The molecule has 6 heteroatoms. The molecular formula is C15H15ClN2O2S. The van der Waals surface area contributed by atoms with Gasteiger partial charge in [0.15, 0.2) is 0 Å². The van der Waals surface area contributed by atoms with Crippen molar-refractivity contribution in [2.75, 3.05) is 11.4 Å². The summed E-state index contributed by atoms with van der Waals surface area (Å²) in [5, 5.41) is 5.89. The molecule has 0 fully saturated rings. The van der Waals surface area contributed by atoms with Crippen LogP contribution in [-0.2, 0) is 23.0 Å². The lowest BCUT2D eigenvalue weighted by Gasteiger charge is -2.19. The maximum absolute atomic E-state index is 11.4. The molecule has 2 aromatic carbocycles. The number of rotatable bonds is 3. The zero-order chi connectivity index (χ0) is 15.0. The van der Waals surface area contributed by atoms with Crippen LogP contribution in [0.1, 0.15) is 11.1 Å². The van der Waals surface area contributed by atoms with E-state index < -0.39 is 10.0 Å². The Balaban J connectivity index is 1.85. The maximum Gasteiger partial charge on any atom is 0.238 e. The number of anilines is 1. The first kappa shape index (κ1) is 14.4. The lowest BCUT2D eigenvalue weighted by molar-refractivity contribution is 0.597. The monoisotopic (exact) mass is 322 g/mol. The third kappa shape index (κ3) is 3.05. The average Bonchev–Trinajstić information content (AvgIpc) is 2.83. The van der Waals surface area contributed by atoms with Crippen molar-refractivity contribution in [2.45, 2.75) is 17.9 Å². The molecule has 0 aromatic heterocycles. The van der Waals surface area contributed by atoms with Gasteiger partial charge in [-0.25, -0.2) is 13.6 Å². The van der Waals surface area contributed by atoms with Crippen molar-refractivity contribution >= 4 is 27.3 Å². The van der Waals surface area contributed by atoms with Crippen molar-refractivity contribution in [3.8, 4) is 0 Å². The molecule has 2 N–H and O–H groups in total. The Labute approximate surface area is 129 Å². The number of nitrogens with zero attached hydrogens (tertiary/aromatic N) is 1. The minimum absolute atomic E-state index is 0.176. The Morgan fingerprint density at radius 1 is 1.14 bits per heavy atom. The van der Waals surface area contributed by atoms with Crippen LogP contribution in [0, 0.1) is 0 Å². The van der Waals surface area contributed by atoms with Crippen LogP contribution in [0.4, 0.5) is 5.69 Å². The van der Waals surface area contributed by atoms with Crippen LogP contribution in [0.25, 0.3) is 0 Å². The number of sulfonamides is 1. The number of halogens is 1. The smallest absolute Gasteiger partial charge is 0.238 e. The van der Waals surface area contributed by atoms with Gasteiger partial charge < -0.3 is 4.90 Å². The SMILES string of the molecule is NS(=O)(=O)c1ccc2c(c1)CCN2Cc1ccc(Cl)cc1. The van der Waals surface area contributed by atoms with E-state index in [-0.39, 0.29) is 4.90 Å². The molecule has 0 saturated carbocycles. The van der Waals surface area contributed by atoms with Crippen LogP contribution in [-0.4, -0.2) is 15.0 Å². The fraction of sp³-hybridized carbons (Fsp3) is 0.200. The molecule has 110 valence electrons. The van der Waals surface area contributed by atoms with Crippen molar-refractivity contribution in [1.82, 2.24) is 0 Å². The summed E-state index contributed by atoms with van der Waals surface area (Å²) in [6.45, 7) is 1.64. The van der Waals surface area contributed by atoms with Gasteiger partial charge in [-0.1, -0.05) is 23.7 Å². The van der Waals surface area contributed by atoms with Gasteiger partial charge in [-0.05, 0) is 47.9 Å². The molecule has 21 heavy (non-hydrogen) atoms. The van der Waals surface area contributed by atoms with Gasteiger partial charge in [0.25, 0.3) is 0 Å². The van der Waals surface area contributed by atoms with Gasteiger partial charge >= 0.3 is 0 Å². The highest BCUT2D eigenvalue weighted by Crippen LogP contribution is 2.31. The van der Waals surface area contributed by atoms with Crippen molar-refractivity contribution in [1.29, 1.82) is 0 Å². The second-order valence-electron chi connectivity index (χ2n) is 5.13. The fourth-order valence-corrected chi connectivity index (χ4v) is 3.29. The summed E-state index contributed by atoms with van der Waals surface area (Å²) in [7, 11) is -3.64. The molecule has 0 radical (unpaired) electrons. The zero-order valence-corrected chi connectivity index (χ0v) is 12.9. The van der Waals surface area contributed by atoms with Crippen LogP contribution in [0.5, 0.6) is 0 Å². The summed E-state index contributed by atoms with van der Waals surface area (Å²) in [4.78, 5) is 2.40. The Bertz CT molecular complexity index is 773. The van der Waals surface area contributed by atoms with Gasteiger partial charge in [-0.2, -0.15) is 0 Å². The van der Waals surface area contributed by atoms with Gasteiger partial charge in [0, 0.05) is 23.8 Å². The van der Waals surface area contributed by atoms with E-state index in [2.05, 4.69) is 4.90 Å². The molecule has 2 aromatic rings. The summed E-state index contributed by atoms with van der Waals surface area (Å²) in [5.41, 5.74) is 3.26. The van der Waals surface area contributed by atoms with Crippen LogP contribution in [0.15, 0.2) is 47.4 Å². The Morgan fingerprint density at radius 3 is 2.52 bits per heavy atom. The topological polar surface area (TPSA) is 63.4 Å². The number of nitrogens with two attached hydrogens (primary N) is 1. The van der Waals surface area contributed by atoms with Crippen molar-refractivity contribution in [3.63, 3.8) is 0 Å². The van der Waals surface area contributed by atoms with E-state index in [0.29, 0.717) is 0 Å². The molecule has 1 heterocycles. The number of hydrogen-bond donors (Lipinski definition) is 1. The summed E-state index contributed by atoms with van der Waals surface area (Å²) in [6.07, 6.45) is 0.826. The molecule has 1 aliphatic rings. The van der Waals surface area contributed by atoms with Crippen LogP contribution in [0.3, 0.4) is 0 Å². The fourth-order valence-electron chi connectivity index (χ4n) is 2.60. The molecule has 0 spiro atoms. The Hall–Kier alpha value is -1.56. The van der Waals surface area contributed by atoms with E-state index in [9.17, 15) is 8.42 Å². The maximum atomic E-state index is 11.4. The Kier molecular flexibility index (Phi) is 3.65. The van der Waals surface area contributed by atoms with Crippen LogP contribution >= 0.6 is 11.6 Å². The van der Waals surface area contributed by atoms with Gasteiger partial charge in [0.05, 0.1) is 4.90 Å². The molecule has 0 saturated heterocycles. The minimum Gasteiger partial charge on any atom is -0.367 e. The van der Waals surface area contributed by atoms with Gasteiger partial charge in [-0.3, -0.25) is 0 Å². The van der Waals surface area contributed by atoms with Crippen molar-refractivity contribution in [2.24, 2.45) is 5.14 Å². The number of fused-ring (bicyclic) bond motifs is 1. The predicted octanol–water partition coefficient (Wildman–Crippen LogP) is 2.55. The molecule has 3 rings (SSSR count). The Morgan fingerprint density at radius 2 is 1.86 bits per heavy atom. The predicted molar refractivity (Wildman–Crippen MR) is 84.0 cm³/mol. The molecule has 0 bridgehead atoms. The van der Waals surface area contributed by atoms with Crippen LogP contribution < -0.4 is 10.0 Å². The summed E-state index contributed by atoms with van der Waals surface area (Å²) in [5.74, 6) is 0. The first-order valence-corrected chi connectivity index (χ1v) is 8.51. The second-order valence-corrected chi connectivity index (χ2v) is 7.13. The normalized spacial score (nSPS) is 14.3. The third-order valence-corrected chi connectivity index (χ3v) is 4.82. The first-order chi connectivity index (χ1) is 9.93. The van der Waals surface area contributed by atoms with Gasteiger partial charge in [0.1, 0.15) is 0 Å². The first-order valence-electron chi connectivity index (χ1n) is 6.58. The molecule has 0 unspecified atom stereocenters. The van der Waals surface area contributed by atoms with Gasteiger partial charge in [-0.15, -0.1) is 0 Å². The van der Waals surface area contributed by atoms with E-state index in [4.69, 9.17) is 16.7 Å². The van der Waals surface area contributed by atoms with E-state index >= 15 is 0 Å². The van der Waals surface area contributed by atoms with Gasteiger partial charge in [0.2, 0.25) is 10.0 Å². The van der Waals surface area contributed by atoms with E-state index in [1.807, 2.05) is 30.3 Å². The lowest BCUT2D eigenvalue weighted by Crippen LogP contribution is -2.19. The minimum atomic E-state index is -3.64. The molecule has 0 atom stereocenters. The largest absolute Gasteiger partial charge is 0.367 e. The quantitative estimate of drug-likeness (QED) is 0.944. The molecule has 0 aliphatic carbocycles. The molecule has 4 nitrogen and oxygen atoms in total. The standard InChI is InChI=1S/C15H15ClN2O2S/c16-13-3-1-11(2-4-13)10-18-8-7-12-9-14(21(17,19)20)5-6-15(12)18/h1-6,9H,7-8,10H2,(H2,17,19,20). The average molecular weight is 323 g/mol. The number of hydrogen-bond acceptors (Lipinski definition) is 3. The second kappa shape index (κ2) is 5.33. The summed E-state index contributed by atoms with van der Waals surface area (Å²) in [6, 6.07) is 12.8. The molecule has 1 aliphatic heterocycles. The zero-order valence-electron chi connectivity index (χ0n) is 11.3. The van der Waals surface area contributed by atoms with Crippen LogP contribution in [0.2, 0.25) is 5.02 Å². The highest BCUT2D eigenvalue weighted by molar-refractivity contribution is 7.89. The highest BCUT2D eigenvalue weighted by atomic mass is 35.5. The molecular weight excluding hydrogens is 308 g/mol. The van der Waals surface area contributed by atoms with Crippen molar-refractivity contribution < 1.29 is 8.42 Å². The molecule has 0 amide bonds.